The lowest BCUT2D eigenvalue weighted by Gasteiger charge is -2.27. The Hall–Kier alpha value is -4.27. The summed E-state index contributed by atoms with van der Waals surface area (Å²) in [5.41, 5.74) is -1.09. The number of esters is 1. The summed E-state index contributed by atoms with van der Waals surface area (Å²) < 4.78 is 81.3. The summed E-state index contributed by atoms with van der Waals surface area (Å²) in [5, 5.41) is 2.41. The number of rotatable bonds is 6. The number of nitrogens with zero attached hydrogens (tertiary/aromatic N) is 2. The first kappa shape index (κ1) is 33.2. The molecular weight excluding hydrogens is 598 g/mol. The molecule has 0 aromatic heterocycles. The van der Waals surface area contributed by atoms with Gasteiger partial charge in [0.15, 0.2) is 0 Å². The molecule has 0 saturated carbocycles. The topological polar surface area (TPSA) is 124 Å². The van der Waals surface area contributed by atoms with Crippen LogP contribution in [-0.4, -0.2) is 65.9 Å². The number of halogens is 4. The molecule has 10 nitrogen and oxygen atoms in total. The second-order valence-electron chi connectivity index (χ2n) is 10.2. The van der Waals surface area contributed by atoms with Crippen molar-refractivity contribution in [3.63, 3.8) is 0 Å². The fourth-order valence-corrected chi connectivity index (χ4v) is 5.28. The van der Waals surface area contributed by atoms with Crippen LogP contribution in [-0.2, 0) is 36.3 Å². The first-order valence-electron chi connectivity index (χ1n) is 12.5. The molecule has 0 fully saturated rings. The molecule has 0 spiro atoms. The van der Waals surface area contributed by atoms with Gasteiger partial charge in [-0.25, -0.2) is 19.0 Å². The summed E-state index contributed by atoms with van der Waals surface area (Å²) in [6.45, 7) is 8.15. The van der Waals surface area contributed by atoms with Crippen molar-refractivity contribution >= 4 is 46.1 Å². The number of alkyl halides is 3. The van der Waals surface area contributed by atoms with Crippen molar-refractivity contribution in [3.05, 3.63) is 65.5 Å². The maximum absolute atomic E-state index is 14.8. The van der Waals surface area contributed by atoms with Crippen LogP contribution in [0.1, 0.15) is 42.3 Å². The summed E-state index contributed by atoms with van der Waals surface area (Å²) in [5.74, 6) is -4.71. The van der Waals surface area contributed by atoms with Crippen LogP contribution in [0.15, 0.2) is 52.9 Å². The van der Waals surface area contributed by atoms with E-state index in [1.807, 2.05) is 0 Å². The number of fused-ring (bicyclic) bond motifs is 1. The number of hydrogen-bond donors (Lipinski definition) is 1. The van der Waals surface area contributed by atoms with Crippen molar-refractivity contribution in [2.24, 2.45) is 4.99 Å². The average molecular weight is 628 g/mol. The van der Waals surface area contributed by atoms with Crippen molar-refractivity contribution in [2.45, 2.75) is 50.0 Å². The van der Waals surface area contributed by atoms with Gasteiger partial charge in [-0.15, -0.1) is 0 Å². The van der Waals surface area contributed by atoms with Crippen molar-refractivity contribution in [1.29, 1.82) is 0 Å². The van der Waals surface area contributed by atoms with Crippen molar-refractivity contribution in [1.82, 2.24) is 5.32 Å². The Bertz CT molecular complexity index is 1480. The van der Waals surface area contributed by atoms with Crippen LogP contribution in [0.3, 0.4) is 0 Å². The zero-order valence-electron chi connectivity index (χ0n) is 23.8. The predicted molar refractivity (Wildman–Crippen MR) is 149 cm³/mol. The number of hydrogen-bond acceptors (Lipinski definition) is 8. The Labute approximate surface area is 247 Å². The molecule has 2 aromatic rings. The molecule has 15 heteroatoms. The smallest absolute Gasteiger partial charge is 0.468 e. The molecule has 1 heterocycles. The van der Waals surface area contributed by atoms with Crippen molar-refractivity contribution < 1.29 is 50.4 Å². The quantitative estimate of drug-likeness (QED) is 0.213. The highest BCUT2D eigenvalue weighted by atomic mass is 32.2. The molecule has 0 saturated heterocycles. The van der Waals surface area contributed by atoms with Crippen molar-refractivity contribution in [2.75, 3.05) is 24.9 Å². The lowest BCUT2D eigenvalue weighted by molar-refractivity contribution is -0.120. The van der Waals surface area contributed by atoms with Gasteiger partial charge in [0.25, 0.3) is 11.8 Å². The molecule has 0 radical (unpaired) electrons. The van der Waals surface area contributed by atoms with Gasteiger partial charge in [0.05, 0.1) is 59.2 Å². The third-order valence-electron chi connectivity index (χ3n) is 5.86. The van der Waals surface area contributed by atoms with Crippen LogP contribution in [0.25, 0.3) is 5.70 Å². The van der Waals surface area contributed by atoms with Gasteiger partial charge < -0.3 is 24.4 Å². The third kappa shape index (κ3) is 8.18. The molecule has 1 N–H and O–H groups in total. The highest BCUT2D eigenvalue weighted by molar-refractivity contribution is 7.85. The number of carbonyl (C=O) groups is 3. The van der Waals surface area contributed by atoms with Crippen LogP contribution >= 0.6 is 0 Å². The molecule has 3 rings (SSSR count). The van der Waals surface area contributed by atoms with Gasteiger partial charge in [-0.2, -0.15) is 13.2 Å². The van der Waals surface area contributed by atoms with E-state index in [1.54, 1.807) is 20.8 Å². The third-order valence-corrected chi connectivity index (χ3v) is 7.32. The molecule has 1 unspecified atom stereocenters. The Morgan fingerprint density at radius 3 is 2.28 bits per heavy atom. The summed E-state index contributed by atoms with van der Waals surface area (Å²) in [6, 6.07) is 6.32. The number of methoxy groups -OCH3 is 2. The second-order valence-corrected chi connectivity index (χ2v) is 11.7. The van der Waals surface area contributed by atoms with Gasteiger partial charge in [-0.05, 0) is 44.0 Å². The average Bonchev–Trinajstić information content (AvgIpc) is 2.99. The number of ether oxygens (including phenoxy) is 3. The van der Waals surface area contributed by atoms with Gasteiger partial charge in [0.1, 0.15) is 17.5 Å². The summed E-state index contributed by atoms with van der Waals surface area (Å²) in [7, 11) is -0.146. The number of carbonyl (C=O) groups excluding carboxylic acids is 3. The minimum absolute atomic E-state index is 0.0633. The minimum atomic E-state index is -4.83. The number of alkyl carbamates (subject to hydrolysis) is 1. The van der Waals surface area contributed by atoms with Crippen LogP contribution < -0.4 is 10.2 Å². The van der Waals surface area contributed by atoms with Crippen LogP contribution in [0.5, 0.6) is 0 Å². The van der Waals surface area contributed by atoms with Gasteiger partial charge in [0, 0.05) is 0 Å². The molecule has 0 aliphatic carbocycles. The van der Waals surface area contributed by atoms with Crippen LogP contribution in [0, 0.1) is 5.82 Å². The van der Waals surface area contributed by atoms with Gasteiger partial charge in [-0.3, -0.25) is 9.00 Å². The molecule has 1 aliphatic heterocycles. The van der Waals surface area contributed by atoms with Gasteiger partial charge >= 0.3 is 18.2 Å². The van der Waals surface area contributed by atoms with E-state index in [0.717, 1.165) is 31.3 Å². The molecule has 43 heavy (non-hydrogen) atoms. The lowest BCUT2D eigenvalue weighted by Crippen LogP contribution is -2.51. The number of nitrogens with one attached hydrogen (secondary N) is 1. The number of benzene rings is 2. The summed E-state index contributed by atoms with van der Waals surface area (Å²) in [6.07, 6.45) is -5.78. The zero-order chi connectivity index (χ0) is 32.3. The lowest BCUT2D eigenvalue weighted by atomic mass is 10.1. The van der Waals surface area contributed by atoms with E-state index >= 15 is 0 Å². The molecular formula is C28H29F4N3O7S. The Morgan fingerprint density at radius 2 is 1.74 bits per heavy atom. The molecule has 2 atom stereocenters. The monoisotopic (exact) mass is 627 g/mol. The van der Waals surface area contributed by atoms with E-state index in [-0.39, 0.29) is 28.4 Å². The first-order chi connectivity index (χ1) is 19.9. The van der Waals surface area contributed by atoms with Crippen LogP contribution in [0.2, 0.25) is 0 Å². The summed E-state index contributed by atoms with van der Waals surface area (Å²) in [4.78, 5) is 42.9. The van der Waals surface area contributed by atoms with Crippen LogP contribution in [0.4, 0.5) is 28.0 Å². The van der Waals surface area contributed by atoms with E-state index in [0.29, 0.717) is 5.56 Å². The largest absolute Gasteiger partial charge is 0.478 e. The first-order valence-corrected chi connectivity index (χ1v) is 13.9. The fourth-order valence-electron chi connectivity index (χ4n) is 3.94. The number of aliphatic imine (C=N–C) groups is 1. The maximum atomic E-state index is 14.8. The number of amides is 2. The van der Waals surface area contributed by atoms with E-state index in [1.165, 1.54) is 24.3 Å². The Morgan fingerprint density at radius 1 is 1.12 bits per heavy atom. The standard InChI is InChI=1S/C28H29F4N3O7S/c1-15(33-25(41-6)28(30,31)32)17-9-7-16(8-10-17)13-35-21-11-18(24(37)40-5)19(29)12-22(21)43(39)14-20(23(35)36)34-26(38)42-27(2,3)4/h7-12,20H,1,13-14H2,2-6H3,(H,34,38)/t20-,43?/m0/s1. The van der Waals surface area contributed by atoms with Gasteiger partial charge in [-0.1, -0.05) is 30.8 Å². The maximum Gasteiger partial charge on any atom is 0.468 e. The van der Waals surface area contributed by atoms with Gasteiger partial charge in [0.2, 0.25) is 0 Å². The van der Waals surface area contributed by atoms with E-state index in [9.17, 15) is 36.2 Å². The normalized spacial score (nSPS) is 17.5. The Kier molecular flexibility index (Phi) is 10.00. The number of anilines is 1. The van der Waals surface area contributed by atoms with E-state index < -0.39 is 69.6 Å². The fraction of sp³-hybridized carbons (Fsp3) is 0.357. The SMILES string of the molecule is C=C(N=C(OC)C(F)(F)F)c1ccc(CN2C(=O)[C@@H](NC(=O)OC(C)(C)C)CS(=O)c3cc(F)c(C(=O)OC)cc32)cc1. The second kappa shape index (κ2) is 12.9. The predicted octanol–water partition coefficient (Wildman–Crippen LogP) is 4.74. The minimum Gasteiger partial charge on any atom is -0.478 e. The zero-order valence-corrected chi connectivity index (χ0v) is 24.7. The Balaban J connectivity index is 2.03. The van der Waals surface area contributed by atoms with E-state index in [2.05, 4.69) is 26.4 Å². The molecule has 2 aromatic carbocycles. The summed E-state index contributed by atoms with van der Waals surface area (Å²) >= 11 is 0. The van der Waals surface area contributed by atoms with Crippen molar-refractivity contribution in [3.8, 4) is 0 Å². The van der Waals surface area contributed by atoms with E-state index in [4.69, 9.17) is 4.74 Å². The molecule has 2 amide bonds. The highest BCUT2D eigenvalue weighted by Gasteiger charge is 2.38. The molecule has 232 valence electrons. The molecule has 0 bridgehead atoms. The molecule has 1 aliphatic rings. The highest BCUT2D eigenvalue weighted by Crippen LogP contribution is 2.33.